The molecule has 4 nitrogen and oxygen atoms in total. The van der Waals surface area contributed by atoms with E-state index in [9.17, 15) is 9.59 Å². The van der Waals surface area contributed by atoms with Crippen molar-refractivity contribution in [1.29, 1.82) is 0 Å². The van der Waals surface area contributed by atoms with Crippen molar-refractivity contribution in [1.82, 2.24) is 0 Å². The average molecular weight is 297 g/mol. The fourth-order valence-corrected chi connectivity index (χ4v) is 2.29. The molecule has 0 radical (unpaired) electrons. The maximum absolute atomic E-state index is 12.5. The van der Waals surface area contributed by atoms with Crippen LogP contribution in [-0.2, 0) is 9.59 Å². The minimum absolute atomic E-state index is 0.0753. The van der Waals surface area contributed by atoms with Gasteiger partial charge in [-0.3, -0.25) is 9.59 Å². The lowest BCUT2D eigenvalue weighted by Gasteiger charge is -2.15. The highest BCUT2D eigenvalue weighted by Crippen LogP contribution is 2.23. The number of hydrogen-bond donors (Lipinski definition) is 1. The summed E-state index contributed by atoms with van der Waals surface area (Å²) in [7, 11) is 0. The molecule has 1 amide bonds. The van der Waals surface area contributed by atoms with Crippen molar-refractivity contribution in [3.63, 3.8) is 0 Å². The van der Waals surface area contributed by atoms with Gasteiger partial charge in [-0.1, -0.05) is 43.3 Å². The average Bonchev–Trinajstić information content (AvgIpc) is 2.48. The first-order chi connectivity index (χ1) is 10.6. The summed E-state index contributed by atoms with van der Waals surface area (Å²) in [5, 5.41) is 2.87. The van der Waals surface area contributed by atoms with Gasteiger partial charge in [-0.2, -0.15) is 0 Å². The Hall–Kier alpha value is -2.62. The molecule has 0 bridgehead atoms. The fourth-order valence-electron chi connectivity index (χ4n) is 2.29. The molecule has 2 aromatic carbocycles. The lowest BCUT2D eigenvalue weighted by molar-refractivity contribution is -0.131. The maximum Gasteiger partial charge on any atom is 0.308 e. The number of benzene rings is 2. The van der Waals surface area contributed by atoms with E-state index in [1.54, 1.807) is 24.3 Å². The van der Waals surface area contributed by atoms with E-state index in [0.29, 0.717) is 17.9 Å². The molecule has 0 heterocycles. The van der Waals surface area contributed by atoms with Gasteiger partial charge in [0.05, 0.1) is 5.92 Å². The summed E-state index contributed by atoms with van der Waals surface area (Å²) in [6.45, 7) is 3.32. The minimum atomic E-state index is -0.390. The first-order valence-corrected chi connectivity index (χ1v) is 7.24. The van der Waals surface area contributed by atoms with E-state index in [0.717, 1.165) is 5.56 Å². The van der Waals surface area contributed by atoms with Crippen molar-refractivity contribution in [3.05, 3.63) is 60.2 Å². The van der Waals surface area contributed by atoms with Crippen LogP contribution in [0.15, 0.2) is 54.6 Å². The van der Waals surface area contributed by atoms with Gasteiger partial charge >= 0.3 is 5.97 Å². The van der Waals surface area contributed by atoms with Crippen LogP contribution in [0.5, 0.6) is 5.75 Å². The number of esters is 1. The van der Waals surface area contributed by atoms with E-state index in [1.165, 1.54) is 6.92 Å². The Morgan fingerprint density at radius 3 is 2.45 bits per heavy atom. The van der Waals surface area contributed by atoms with Crippen molar-refractivity contribution in [2.45, 2.75) is 26.2 Å². The summed E-state index contributed by atoms with van der Waals surface area (Å²) in [6, 6.07) is 16.5. The molecule has 1 atom stereocenters. The van der Waals surface area contributed by atoms with Gasteiger partial charge in [0.25, 0.3) is 0 Å². The number of amides is 1. The third-order valence-corrected chi connectivity index (χ3v) is 3.29. The number of carbonyl (C=O) groups is 2. The van der Waals surface area contributed by atoms with Crippen molar-refractivity contribution in [2.75, 3.05) is 5.32 Å². The van der Waals surface area contributed by atoms with E-state index in [-0.39, 0.29) is 17.8 Å². The van der Waals surface area contributed by atoms with Gasteiger partial charge in [0.2, 0.25) is 5.91 Å². The highest BCUT2D eigenvalue weighted by Gasteiger charge is 2.18. The van der Waals surface area contributed by atoms with E-state index < -0.39 is 0 Å². The molecule has 0 aliphatic rings. The molecule has 0 aromatic heterocycles. The molecular weight excluding hydrogens is 278 g/mol. The molecule has 4 heteroatoms. The zero-order chi connectivity index (χ0) is 15.9. The van der Waals surface area contributed by atoms with Crippen molar-refractivity contribution in [3.8, 4) is 5.75 Å². The van der Waals surface area contributed by atoms with Gasteiger partial charge in [0.15, 0.2) is 0 Å². The van der Waals surface area contributed by atoms with Crippen LogP contribution in [-0.4, -0.2) is 11.9 Å². The maximum atomic E-state index is 12.5. The number of ether oxygens (including phenoxy) is 1. The molecule has 0 fully saturated rings. The van der Waals surface area contributed by atoms with Gasteiger partial charge in [0, 0.05) is 18.7 Å². The lowest BCUT2D eigenvalue weighted by Crippen LogP contribution is -2.20. The Labute approximate surface area is 130 Å². The number of nitrogens with one attached hydrogen (secondary N) is 1. The predicted molar refractivity (Wildman–Crippen MR) is 85.9 cm³/mol. The Morgan fingerprint density at radius 2 is 1.82 bits per heavy atom. The second kappa shape index (κ2) is 7.41. The predicted octanol–water partition coefficient (Wildman–Crippen LogP) is 3.74. The smallest absolute Gasteiger partial charge is 0.308 e. The highest BCUT2D eigenvalue weighted by atomic mass is 16.5. The highest BCUT2D eigenvalue weighted by molar-refractivity contribution is 5.96. The lowest BCUT2D eigenvalue weighted by atomic mass is 9.95. The molecule has 1 unspecified atom stereocenters. The molecular formula is C18H19NO3. The van der Waals surface area contributed by atoms with Gasteiger partial charge in [0.1, 0.15) is 5.75 Å². The van der Waals surface area contributed by atoms with Crippen molar-refractivity contribution in [2.24, 2.45) is 0 Å². The summed E-state index contributed by atoms with van der Waals surface area (Å²) in [5.41, 5.74) is 1.59. The molecule has 0 saturated carbocycles. The van der Waals surface area contributed by atoms with Crippen LogP contribution in [0.25, 0.3) is 0 Å². The molecule has 0 aliphatic heterocycles. The van der Waals surface area contributed by atoms with E-state index in [2.05, 4.69) is 5.32 Å². The van der Waals surface area contributed by atoms with Gasteiger partial charge < -0.3 is 10.1 Å². The molecule has 2 aromatic rings. The van der Waals surface area contributed by atoms with Crippen LogP contribution in [0.2, 0.25) is 0 Å². The third-order valence-electron chi connectivity index (χ3n) is 3.29. The summed E-state index contributed by atoms with van der Waals surface area (Å²) in [6.07, 6.45) is 0.708. The molecule has 0 spiro atoms. The van der Waals surface area contributed by atoms with Crippen molar-refractivity contribution < 1.29 is 14.3 Å². The minimum Gasteiger partial charge on any atom is -0.427 e. The first-order valence-electron chi connectivity index (χ1n) is 7.24. The van der Waals surface area contributed by atoms with Crippen LogP contribution in [0, 0.1) is 0 Å². The van der Waals surface area contributed by atoms with E-state index in [1.807, 2.05) is 37.3 Å². The van der Waals surface area contributed by atoms with E-state index >= 15 is 0 Å². The Morgan fingerprint density at radius 1 is 1.09 bits per heavy atom. The normalized spacial score (nSPS) is 11.5. The standard InChI is InChI=1S/C18H19NO3/c1-3-17(14-8-5-4-6-9-14)18(21)19-15-10-7-11-16(12-15)22-13(2)20/h4-12,17H,3H2,1-2H3,(H,19,21). The number of rotatable bonds is 5. The zero-order valence-corrected chi connectivity index (χ0v) is 12.7. The fraction of sp³-hybridized carbons (Fsp3) is 0.222. The van der Waals surface area contributed by atoms with Gasteiger partial charge in [-0.25, -0.2) is 0 Å². The Bertz CT molecular complexity index is 652. The quantitative estimate of drug-likeness (QED) is 0.675. The van der Waals surface area contributed by atoms with Crippen LogP contribution in [0.3, 0.4) is 0 Å². The molecule has 2 rings (SSSR count). The zero-order valence-electron chi connectivity index (χ0n) is 12.7. The summed E-state index contributed by atoms with van der Waals surface area (Å²) >= 11 is 0. The summed E-state index contributed by atoms with van der Waals surface area (Å²) < 4.78 is 5.02. The Kier molecular flexibility index (Phi) is 5.31. The van der Waals surface area contributed by atoms with Crippen LogP contribution < -0.4 is 10.1 Å². The summed E-state index contributed by atoms with van der Waals surface area (Å²) in [5.74, 6) is -0.260. The Balaban J connectivity index is 2.12. The second-order valence-electron chi connectivity index (χ2n) is 4.98. The SMILES string of the molecule is CCC(C(=O)Nc1cccc(OC(C)=O)c1)c1ccccc1. The van der Waals surface area contributed by atoms with Crippen molar-refractivity contribution >= 4 is 17.6 Å². The molecule has 0 aliphatic carbocycles. The number of hydrogen-bond acceptors (Lipinski definition) is 3. The third kappa shape index (κ3) is 4.19. The molecule has 114 valence electrons. The molecule has 22 heavy (non-hydrogen) atoms. The largest absolute Gasteiger partial charge is 0.427 e. The second-order valence-corrected chi connectivity index (χ2v) is 4.98. The molecule has 0 saturated heterocycles. The van der Waals surface area contributed by atoms with Gasteiger partial charge in [-0.05, 0) is 24.1 Å². The first kappa shape index (κ1) is 15.8. The number of anilines is 1. The van der Waals surface area contributed by atoms with Crippen LogP contribution in [0.4, 0.5) is 5.69 Å². The topological polar surface area (TPSA) is 55.4 Å². The molecule has 1 N–H and O–H groups in total. The summed E-state index contributed by atoms with van der Waals surface area (Å²) in [4.78, 5) is 23.4. The van der Waals surface area contributed by atoms with Gasteiger partial charge in [-0.15, -0.1) is 0 Å². The van der Waals surface area contributed by atoms with E-state index in [4.69, 9.17) is 4.74 Å². The number of carbonyl (C=O) groups excluding carboxylic acids is 2. The van der Waals surface area contributed by atoms with Crippen LogP contribution >= 0.6 is 0 Å². The monoisotopic (exact) mass is 297 g/mol. The van der Waals surface area contributed by atoms with Crippen LogP contribution in [0.1, 0.15) is 31.7 Å².